The first-order chi connectivity index (χ1) is 7.92. The zero-order chi connectivity index (χ0) is 11.0. The van der Waals surface area contributed by atoms with Gasteiger partial charge in [0.15, 0.2) is 0 Å². The van der Waals surface area contributed by atoms with Gasteiger partial charge in [-0.3, -0.25) is 0 Å². The van der Waals surface area contributed by atoms with E-state index in [2.05, 4.69) is 12.2 Å². The van der Waals surface area contributed by atoms with Crippen LogP contribution in [0.5, 0.6) is 0 Å². The van der Waals surface area contributed by atoms with Gasteiger partial charge in [-0.2, -0.15) is 0 Å². The quantitative estimate of drug-likeness (QED) is 0.669. The van der Waals surface area contributed by atoms with Gasteiger partial charge in [-0.25, -0.2) is 0 Å². The summed E-state index contributed by atoms with van der Waals surface area (Å²) >= 11 is 0. The van der Waals surface area contributed by atoms with Crippen LogP contribution in [0, 0.1) is 23.7 Å². The fraction of sp³-hybridized carbons (Fsp3) is 1.00. The molecule has 0 heterocycles. The lowest BCUT2D eigenvalue weighted by atomic mass is 10.0. The molecule has 16 heavy (non-hydrogen) atoms. The van der Waals surface area contributed by atoms with Crippen LogP contribution in [0.2, 0.25) is 0 Å². The number of nitrogens with one attached hydrogen (secondary N) is 1. The van der Waals surface area contributed by atoms with Gasteiger partial charge in [0.05, 0.1) is 6.61 Å². The molecular weight excluding hydrogens is 198 g/mol. The number of ether oxygens (including phenoxy) is 1. The number of fused-ring (bicyclic) bond motifs is 5. The topological polar surface area (TPSA) is 21.3 Å². The van der Waals surface area contributed by atoms with Crippen molar-refractivity contribution in [3.63, 3.8) is 0 Å². The summed E-state index contributed by atoms with van der Waals surface area (Å²) in [6.45, 7) is 5.13. The van der Waals surface area contributed by atoms with Crippen LogP contribution in [0.3, 0.4) is 0 Å². The Balaban J connectivity index is 1.28. The second-order valence-corrected chi connectivity index (χ2v) is 5.93. The summed E-state index contributed by atoms with van der Waals surface area (Å²) in [5, 5.41) is 3.71. The molecule has 0 aromatic heterocycles. The van der Waals surface area contributed by atoms with Crippen molar-refractivity contribution >= 4 is 0 Å². The van der Waals surface area contributed by atoms with Crippen LogP contribution in [0.25, 0.3) is 0 Å². The first kappa shape index (κ1) is 11.0. The predicted octanol–water partition coefficient (Wildman–Crippen LogP) is 2.44. The molecule has 3 aliphatic carbocycles. The molecule has 92 valence electrons. The highest BCUT2D eigenvalue weighted by atomic mass is 16.5. The van der Waals surface area contributed by atoms with Crippen molar-refractivity contribution in [2.75, 3.05) is 19.8 Å². The molecule has 3 saturated carbocycles. The van der Waals surface area contributed by atoms with Crippen LogP contribution in [0.4, 0.5) is 0 Å². The van der Waals surface area contributed by atoms with E-state index in [0.29, 0.717) is 0 Å². The Hall–Kier alpha value is -0.0800. The van der Waals surface area contributed by atoms with Gasteiger partial charge in [-0.05, 0) is 49.4 Å². The van der Waals surface area contributed by atoms with Crippen LogP contribution in [-0.4, -0.2) is 25.8 Å². The van der Waals surface area contributed by atoms with Crippen molar-refractivity contribution in [3.8, 4) is 0 Å². The summed E-state index contributed by atoms with van der Waals surface area (Å²) in [6.07, 6.45) is 7.05. The molecular formula is C14H25NO. The number of unbranched alkanes of at least 4 members (excludes halogenated alkanes) is 1. The fourth-order valence-electron chi connectivity index (χ4n) is 4.24. The van der Waals surface area contributed by atoms with E-state index in [1.807, 2.05) is 0 Å². The molecule has 2 bridgehead atoms. The summed E-state index contributed by atoms with van der Waals surface area (Å²) in [4.78, 5) is 0. The Morgan fingerprint density at radius 3 is 2.56 bits per heavy atom. The summed E-state index contributed by atoms with van der Waals surface area (Å²) in [5.41, 5.74) is 0. The first-order valence-corrected chi connectivity index (χ1v) is 7.23. The average molecular weight is 223 g/mol. The molecule has 0 aromatic rings. The molecule has 0 radical (unpaired) electrons. The highest BCUT2D eigenvalue weighted by Crippen LogP contribution is 2.65. The molecule has 4 unspecified atom stereocenters. The third-order valence-corrected chi connectivity index (χ3v) is 5.00. The number of rotatable bonds is 7. The van der Waals surface area contributed by atoms with Gasteiger partial charge in [0.2, 0.25) is 0 Å². The first-order valence-electron chi connectivity index (χ1n) is 7.23. The molecule has 1 N–H and O–H groups in total. The van der Waals surface area contributed by atoms with E-state index >= 15 is 0 Å². The van der Waals surface area contributed by atoms with Crippen molar-refractivity contribution < 1.29 is 4.74 Å². The maximum atomic E-state index is 5.58. The van der Waals surface area contributed by atoms with E-state index in [9.17, 15) is 0 Å². The average Bonchev–Trinajstić information content (AvgIpc) is 2.71. The molecule has 3 aliphatic rings. The fourth-order valence-corrected chi connectivity index (χ4v) is 4.24. The Morgan fingerprint density at radius 2 is 1.88 bits per heavy atom. The minimum atomic E-state index is 0.876. The second kappa shape index (κ2) is 4.66. The van der Waals surface area contributed by atoms with Crippen LogP contribution in [0.1, 0.15) is 39.0 Å². The summed E-state index contributed by atoms with van der Waals surface area (Å²) in [5.74, 6) is 4.31. The summed E-state index contributed by atoms with van der Waals surface area (Å²) in [6, 6.07) is 0.876. The maximum absolute atomic E-state index is 5.58. The minimum absolute atomic E-state index is 0.876. The lowest BCUT2D eigenvalue weighted by Crippen LogP contribution is -2.26. The zero-order valence-corrected chi connectivity index (χ0v) is 10.5. The van der Waals surface area contributed by atoms with Gasteiger partial charge in [-0.1, -0.05) is 13.3 Å². The van der Waals surface area contributed by atoms with Crippen LogP contribution in [0.15, 0.2) is 0 Å². The SMILES string of the molecule is CCCCOCCNC1C2C3CCC(C3)C12. The Labute approximate surface area is 99.1 Å². The van der Waals surface area contributed by atoms with Crippen molar-refractivity contribution in [1.82, 2.24) is 5.32 Å². The van der Waals surface area contributed by atoms with Crippen LogP contribution >= 0.6 is 0 Å². The van der Waals surface area contributed by atoms with E-state index in [1.54, 1.807) is 6.42 Å². The molecule has 4 atom stereocenters. The Kier molecular flexibility index (Phi) is 3.21. The molecule has 3 rings (SSSR count). The number of hydrogen-bond acceptors (Lipinski definition) is 2. The van der Waals surface area contributed by atoms with Gasteiger partial charge in [0.25, 0.3) is 0 Å². The van der Waals surface area contributed by atoms with Crippen LogP contribution in [-0.2, 0) is 4.74 Å². The summed E-state index contributed by atoms with van der Waals surface area (Å²) < 4.78 is 5.58. The monoisotopic (exact) mass is 223 g/mol. The second-order valence-electron chi connectivity index (χ2n) is 5.93. The van der Waals surface area contributed by atoms with Gasteiger partial charge < -0.3 is 10.1 Å². The Bertz CT molecular complexity index is 227. The molecule has 0 spiro atoms. The number of hydrogen-bond donors (Lipinski definition) is 1. The third kappa shape index (κ3) is 1.91. The highest BCUT2D eigenvalue weighted by Gasteiger charge is 2.64. The smallest absolute Gasteiger partial charge is 0.0591 e. The van der Waals surface area contributed by atoms with Gasteiger partial charge in [-0.15, -0.1) is 0 Å². The molecule has 3 fully saturated rings. The van der Waals surface area contributed by atoms with E-state index < -0.39 is 0 Å². The van der Waals surface area contributed by atoms with E-state index in [1.165, 1.54) is 25.7 Å². The van der Waals surface area contributed by atoms with E-state index in [-0.39, 0.29) is 0 Å². The third-order valence-electron chi connectivity index (χ3n) is 5.00. The van der Waals surface area contributed by atoms with Crippen LogP contribution < -0.4 is 5.32 Å². The van der Waals surface area contributed by atoms with Gasteiger partial charge in [0, 0.05) is 19.2 Å². The standard InChI is InChI=1S/C14H25NO/c1-2-3-7-16-8-6-15-14-12-10-4-5-11(9-10)13(12)14/h10-15H,2-9H2,1H3. The van der Waals surface area contributed by atoms with Gasteiger partial charge >= 0.3 is 0 Å². The lowest BCUT2D eigenvalue weighted by molar-refractivity contribution is 0.132. The molecule has 0 amide bonds. The molecule has 0 saturated heterocycles. The molecule has 2 nitrogen and oxygen atoms in total. The lowest BCUT2D eigenvalue weighted by Gasteiger charge is -2.10. The van der Waals surface area contributed by atoms with Crippen molar-refractivity contribution in [2.45, 2.75) is 45.1 Å². The zero-order valence-electron chi connectivity index (χ0n) is 10.5. The van der Waals surface area contributed by atoms with Crippen molar-refractivity contribution in [3.05, 3.63) is 0 Å². The molecule has 2 heteroatoms. The van der Waals surface area contributed by atoms with Gasteiger partial charge in [0.1, 0.15) is 0 Å². The molecule has 0 aliphatic heterocycles. The summed E-state index contributed by atoms with van der Waals surface area (Å²) in [7, 11) is 0. The van der Waals surface area contributed by atoms with E-state index in [4.69, 9.17) is 4.74 Å². The predicted molar refractivity (Wildman–Crippen MR) is 65.3 cm³/mol. The largest absolute Gasteiger partial charge is 0.380 e. The van der Waals surface area contributed by atoms with E-state index in [0.717, 1.165) is 49.5 Å². The normalized spacial score (nSPS) is 43.7. The highest BCUT2D eigenvalue weighted by molar-refractivity contribution is 5.16. The Morgan fingerprint density at radius 1 is 1.12 bits per heavy atom. The van der Waals surface area contributed by atoms with Crippen molar-refractivity contribution in [1.29, 1.82) is 0 Å². The van der Waals surface area contributed by atoms with Crippen molar-refractivity contribution in [2.24, 2.45) is 23.7 Å². The minimum Gasteiger partial charge on any atom is -0.380 e. The maximum Gasteiger partial charge on any atom is 0.0591 e. The molecule has 0 aromatic carbocycles.